The van der Waals surface area contributed by atoms with E-state index in [1.807, 2.05) is 60.7 Å². The minimum Gasteiger partial charge on any atom is -0.373 e. The van der Waals surface area contributed by atoms with Crippen LogP contribution in [-0.4, -0.2) is 42.6 Å². The monoisotopic (exact) mass is 515 g/mol. The van der Waals surface area contributed by atoms with Crippen LogP contribution in [0, 0.1) is 5.92 Å². The molecule has 1 saturated carbocycles. The van der Waals surface area contributed by atoms with Gasteiger partial charge in [0.1, 0.15) is 11.2 Å². The van der Waals surface area contributed by atoms with E-state index in [4.69, 9.17) is 0 Å². The zero-order valence-electron chi connectivity index (χ0n) is 20.3. The third kappa shape index (κ3) is 7.14. The maximum Gasteiger partial charge on any atom is 0.232 e. The summed E-state index contributed by atoms with van der Waals surface area (Å²) in [4.78, 5) is 16.5. The Morgan fingerprint density at radius 2 is 1.84 bits per heavy atom. The molecule has 1 amide bonds. The molecule has 5 rings (SSSR count). The first-order valence-corrected chi connectivity index (χ1v) is 13.3. The second-order valence-corrected chi connectivity index (χ2v) is 10.3. The minimum atomic E-state index is -0.727. The SMILES string of the molecule is O=C(Cc1ccccn1)Nc1nnc(C2CCC(Cc3ccc(NC(O)Cc4ccccc4)nn3)C2)s1. The predicted molar refractivity (Wildman–Crippen MR) is 142 cm³/mol. The number of rotatable bonds is 10. The first-order chi connectivity index (χ1) is 18.1. The van der Waals surface area contributed by atoms with E-state index >= 15 is 0 Å². The van der Waals surface area contributed by atoms with Gasteiger partial charge in [-0.25, -0.2) is 0 Å². The quantitative estimate of drug-likeness (QED) is 0.271. The van der Waals surface area contributed by atoms with Crippen molar-refractivity contribution in [2.75, 3.05) is 10.6 Å². The molecule has 0 aliphatic heterocycles. The number of nitrogens with zero attached hydrogens (tertiary/aromatic N) is 5. The Morgan fingerprint density at radius 3 is 2.62 bits per heavy atom. The number of carbonyl (C=O) groups is 1. The molecule has 3 unspecified atom stereocenters. The van der Waals surface area contributed by atoms with Crippen molar-refractivity contribution >= 4 is 28.2 Å². The lowest BCUT2D eigenvalue weighted by Crippen LogP contribution is -2.22. The minimum absolute atomic E-state index is 0.144. The molecule has 9 nitrogen and oxygen atoms in total. The van der Waals surface area contributed by atoms with Crippen molar-refractivity contribution in [2.24, 2.45) is 5.92 Å². The lowest BCUT2D eigenvalue weighted by Gasteiger charge is -2.14. The summed E-state index contributed by atoms with van der Waals surface area (Å²) in [5.74, 6) is 1.25. The van der Waals surface area contributed by atoms with E-state index in [-0.39, 0.29) is 12.3 Å². The lowest BCUT2D eigenvalue weighted by atomic mass is 10.00. The normalized spacial score (nSPS) is 17.9. The summed E-state index contributed by atoms with van der Waals surface area (Å²) >= 11 is 1.45. The highest BCUT2D eigenvalue weighted by atomic mass is 32.1. The molecular formula is C27H29N7O2S. The van der Waals surface area contributed by atoms with Gasteiger partial charge in [-0.2, -0.15) is 5.10 Å². The van der Waals surface area contributed by atoms with Gasteiger partial charge in [0.25, 0.3) is 0 Å². The number of hydrogen-bond acceptors (Lipinski definition) is 9. The molecule has 190 valence electrons. The molecule has 10 heteroatoms. The van der Waals surface area contributed by atoms with Gasteiger partial charge in [0.15, 0.2) is 5.82 Å². The predicted octanol–water partition coefficient (Wildman–Crippen LogP) is 4.00. The number of aromatic nitrogens is 5. The number of amides is 1. The second kappa shape index (κ2) is 12.0. The van der Waals surface area contributed by atoms with Gasteiger partial charge in [0.05, 0.1) is 12.1 Å². The van der Waals surface area contributed by atoms with E-state index in [1.165, 1.54) is 11.3 Å². The van der Waals surface area contributed by atoms with E-state index in [0.717, 1.165) is 47.6 Å². The summed E-state index contributed by atoms with van der Waals surface area (Å²) in [7, 11) is 0. The van der Waals surface area contributed by atoms with E-state index in [0.29, 0.717) is 29.2 Å². The fraction of sp³-hybridized carbons (Fsp3) is 0.333. The topological polar surface area (TPSA) is 126 Å². The van der Waals surface area contributed by atoms with Crippen LogP contribution < -0.4 is 10.6 Å². The van der Waals surface area contributed by atoms with E-state index in [1.54, 1.807) is 6.20 Å². The Morgan fingerprint density at radius 1 is 0.973 bits per heavy atom. The number of pyridine rings is 1. The maximum atomic E-state index is 12.3. The van der Waals surface area contributed by atoms with Crippen molar-refractivity contribution in [1.29, 1.82) is 0 Å². The zero-order chi connectivity index (χ0) is 25.5. The van der Waals surface area contributed by atoms with Crippen LogP contribution in [-0.2, 0) is 24.1 Å². The number of carbonyl (C=O) groups excluding carboxylic acids is 1. The zero-order valence-corrected chi connectivity index (χ0v) is 21.1. The molecule has 4 aromatic rings. The number of hydrogen-bond donors (Lipinski definition) is 3. The van der Waals surface area contributed by atoms with E-state index in [2.05, 4.69) is 36.0 Å². The molecule has 3 aromatic heterocycles. The average Bonchev–Trinajstić information content (AvgIpc) is 3.56. The fourth-order valence-electron chi connectivity index (χ4n) is 4.67. The maximum absolute atomic E-state index is 12.3. The van der Waals surface area contributed by atoms with Crippen molar-refractivity contribution in [3.8, 4) is 0 Å². The van der Waals surface area contributed by atoms with Gasteiger partial charge in [-0.15, -0.1) is 15.3 Å². The highest BCUT2D eigenvalue weighted by Crippen LogP contribution is 2.41. The van der Waals surface area contributed by atoms with Crippen molar-refractivity contribution in [3.05, 3.63) is 88.8 Å². The van der Waals surface area contributed by atoms with Gasteiger partial charge in [0, 0.05) is 24.2 Å². The van der Waals surface area contributed by atoms with Crippen LogP contribution in [0.25, 0.3) is 0 Å². The summed E-state index contributed by atoms with van der Waals surface area (Å²) < 4.78 is 0. The molecule has 0 spiro atoms. The molecule has 1 fully saturated rings. The molecule has 0 radical (unpaired) electrons. The van der Waals surface area contributed by atoms with Gasteiger partial charge in [0.2, 0.25) is 11.0 Å². The molecule has 1 aliphatic rings. The summed E-state index contributed by atoms with van der Waals surface area (Å²) in [6.45, 7) is 0. The smallest absolute Gasteiger partial charge is 0.232 e. The Bertz CT molecular complexity index is 1290. The van der Waals surface area contributed by atoms with Gasteiger partial charge in [-0.1, -0.05) is 47.7 Å². The number of nitrogens with one attached hydrogen (secondary N) is 2. The highest BCUT2D eigenvalue weighted by molar-refractivity contribution is 7.15. The highest BCUT2D eigenvalue weighted by Gasteiger charge is 2.29. The van der Waals surface area contributed by atoms with Crippen LogP contribution in [0.15, 0.2) is 66.9 Å². The van der Waals surface area contributed by atoms with Crippen LogP contribution >= 0.6 is 11.3 Å². The lowest BCUT2D eigenvalue weighted by molar-refractivity contribution is -0.115. The van der Waals surface area contributed by atoms with Crippen LogP contribution in [0.3, 0.4) is 0 Å². The van der Waals surface area contributed by atoms with Crippen molar-refractivity contribution < 1.29 is 9.90 Å². The van der Waals surface area contributed by atoms with E-state index < -0.39 is 6.23 Å². The fourth-order valence-corrected chi connectivity index (χ4v) is 5.57. The Kier molecular flexibility index (Phi) is 8.07. The summed E-state index contributed by atoms with van der Waals surface area (Å²) in [6, 6.07) is 19.2. The van der Waals surface area contributed by atoms with Gasteiger partial charge >= 0.3 is 0 Å². The molecule has 0 saturated heterocycles. The average molecular weight is 516 g/mol. The van der Waals surface area contributed by atoms with Crippen LogP contribution in [0.1, 0.15) is 47.1 Å². The molecule has 3 heterocycles. The number of anilines is 2. The number of aliphatic hydroxyl groups is 1. The Hall–Kier alpha value is -3.76. The van der Waals surface area contributed by atoms with Gasteiger partial charge in [-0.05, 0) is 61.4 Å². The molecule has 3 N–H and O–H groups in total. The third-order valence-corrected chi connectivity index (χ3v) is 7.45. The van der Waals surface area contributed by atoms with Crippen LogP contribution in [0.4, 0.5) is 10.9 Å². The van der Waals surface area contributed by atoms with Gasteiger partial charge < -0.3 is 15.7 Å². The van der Waals surface area contributed by atoms with Crippen molar-refractivity contribution in [3.63, 3.8) is 0 Å². The molecule has 37 heavy (non-hydrogen) atoms. The van der Waals surface area contributed by atoms with Gasteiger partial charge in [-0.3, -0.25) is 9.78 Å². The van der Waals surface area contributed by atoms with E-state index in [9.17, 15) is 9.90 Å². The van der Waals surface area contributed by atoms with Crippen LogP contribution in [0.2, 0.25) is 0 Å². The molecule has 0 bridgehead atoms. The van der Waals surface area contributed by atoms with Crippen molar-refractivity contribution in [1.82, 2.24) is 25.4 Å². The number of benzene rings is 1. The first-order valence-electron chi connectivity index (χ1n) is 12.4. The number of aliphatic hydroxyl groups excluding tert-OH is 1. The Balaban J connectivity index is 1.08. The summed E-state index contributed by atoms with van der Waals surface area (Å²) in [5.41, 5.74) is 2.71. The van der Waals surface area contributed by atoms with Crippen molar-refractivity contribution in [2.45, 2.75) is 50.7 Å². The molecule has 1 aromatic carbocycles. The third-order valence-electron chi connectivity index (χ3n) is 6.45. The largest absolute Gasteiger partial charge is 0.373 e. The molecule has 3 atom stereocenters. The van der Waals surface area contributed by atoms with Crippen LogP contribution in [0.5, 0.6) is 0 Å². The molecular weight excluding hydrogens is 486 g/mol. The standard InChI is InChI=1S/C27H29N7O2S/c35-24(16-18-6-2-1-3-7-18)29-23-12-11-22(31-32-23)15-19-9-10-20(14-19)26-33-34-27(37-26)30-25(36)17-21-8-4-5-13-28-21/h1-8,11-13,19-20,24,35H,9-10,14-17H2,(H,29,32)(H,30,34,36). The summed E-state index contributed by atoms with van der Waals surface area (Å²) in [6.07, 6.45) is 5.64. The summed E-state index contributed by atoms with van der Waals surface area (Å²) in [5, 5.41) is 34.8. The second-order valence-electron chi connectivity index (χ2n) is 9.33. The molecule has 1 aliphatic carbocycles. The Labute approximate surface area is 219 Å². The first kappa shape index (κ1) is 24.9.